The molecule has 1 atom stereocenters. The van der Waals surface area contributed by atoms with Gasteiger partial charge in [-0.15, -0.1) is 11.8 Å². The van der Waals surface area contributed by atoms with E-state index in [0.717, 1.165) is 50.2 Å². The number of aliphatic hydroxyl groups excluding tert-OH is 1. The Labute approximate surface area is 267 Å². The standard InChI is InChI=1S/C29H38F7N5O3S2/c30-21-6-11-38(12-7-21)14-15-45-26-16-20(4-5-24(26)28(31,32)33)27-23-19-40(46(43,44)29(34,35)36)13-8-25(23)41(37-27)18-22(42)17-39-9-2-1-3-10-39/h4-5,16,21-22,42H,1-3,6-15,17-19H2/t22-/m0/s1. The number of nitrogens with zero attached hydrogens (tertiary/aromatic N) is 5. The van der Waals surface area contributed by atoms with Crippen molar-refractivity contribution in [2.75, 3.05) is 51.6 Å². The monoisotopic (exact) mass is 701 g/mol. The number of aliphatic hydroxyl groups is 1. The highest BCUT2D eigenvalue weighted by Gasteiger charge is 2.51. The summed E-state index contributed by atoms with van der Waals surface area (Å²) in [7, 11) is -5.68. The van der Waals surface area contributed by atoms with Gasteiger partial charge in [-0.3, -0.25) is 4.68 Å². The second-order valence-corrected chi connectivity index (χ2v) is 15.1. The van der Waals surface area contributed by atoms with Crippen LogP contribution in [0.4, 0.5) is 30.7 Å². The molecule has 2 aromatic rings. The lowest BCUT2D eigenvalue weighted by Crippen LogP contribution is -2.43. The molecule has 1 aromatic heterocycles. The highest BCUT2D eigenvalue weighted by Crippen LogP contribution is 2.41. The van der Waals surface area contributed by atoms with Crippen molar-refractivity contribution < 1.29 is 44.3 Å². The van der Waals surface area contributed by atoms with Crippen LogP contribution < -0.4 is 0 Å². The van der Waals surface area contributed by atoms with Crippen LogP contribution >= 0.6 is 11.8 Å². The van der Waals surface area contributed by atoms with Crippen LogP contribution in [-0.2, 0) is 35.7 Å². The van der Waals surface area contributed by atoms with Crippen LogP contribution in [0.3, 0.4) is 0 Å². The average Bonchev–Trinajstić information content (AvgIpc) is 3.35. The van der Waals surface area contributed by atoms with Crippen LogP contribution in [0.2, 0.25) is 0 Å². The Hall–Kier alpha value is -1.92. The van der Waals surface area contributed by atoms with Gasteiger partial charge in [-0.25, -0.2) is 12.8 Å². The molecule has 4 heterocycles. The van der Waals surface area contributed by atoms with Crippen LogP contribution in [0.15, 0.2) is 23.1 Å². The Morgan fingerprint density at radius 3 is 2.30 bits per heavy atom. The molecule has 0 radical (unpaired) electrons. The summed E-state index contributed by atoms with van der Waals surface area (Å²) in [5, 5.41) is 15.5. The smallest absolute Gasteiger partial charge is 0.390 e. The van der Waals surface area contributed by atoms with Crippen molar-refractivity contribution in [2.24, 2.45) is 0 Å². The fourth-order valence-electron chi connectivity index (χ4n) is 6.33. The summed E-state index contributed by atoms with van der Waals surface area (Å²) in [6, 6.07) is 3.37. The lowest BCUT2D eigenvalue weighted by Gasteiger charge is -2.29. The van der Waals surface area contributed by atoms with Gasteiger partial charge >= 0.3 is 21.7 Å². The van der Waals surface area contributed by atoms with E-state index in [4.69, 9.17) is 0 Å². The second-order valence-electron chi connectivity index (χ2n) is 12.1. The Bertz CT molecular complexity index is 1450. The number of alkyl halides is 7. The Kier molecular flexibility index (Phi) is 11.0. The van der Waals surface area contributed by atoms with E-state index in [1.807, 2.05) is 4.90 Å². The van der Waals surface area contributed by atoms with E-state index in [1.54, 1.807) is 0 Å². The number of sulfonamides is 1. The number of hydrogen-bond donors (Lipinski definition) is 1. The van der Waals surface area contributed by atoms with E-state index in [9.17, 15) is 44.3 Å². The van der Waals surface area contributed by atoms with Gasteiger partial charge in [-0.05, 0) is 50.9 Å². The molecule has 0 bridgehead atoms. The minimum Gasteiger partial charge on any atom is -0.390 e. The molecule has 0 saturated carbocycles. The van der Waals surface area contributed by atoms with Crippen LogP contribution in [0.25, 0.3) is 11.3 Å². The summed E-state index contributed by atoms with van der Waals surface area (Å²) in [6.07, 6.45) is -2.71. The largest absolute Gasteiger partial charge is 0.511 e. The quantitative estimate of drug-likeness (QED) is 0.271. The zero-order chi connectivity index (χ0) is 33.3. The minimum atomic E-state index is -5.68. The van der Waals surface area contributed by atoms with Crippen LogP contribution in [-0.4, -0.2) is 107 Å². The fraction of sp³-hybridized carbons (Fsp3) is 0.690. The molecule has 258 valence electrons. The number of halogens is 7. The SMILES string of the molecule is O=S(=O)(N1CCc2c(c(-c3ccc(C(F)(F)F)c(SCCN4CCC(F)CC4)c3)nn2C[C@@H](O)CN2CCCCC2)C1)C(F)(F)F. The molecule has 2 saturated heterocycles. The van der Waals surface area contributed by atoms with Crippen LogP contribution in [0, 0.1) is 0 Å². The number of hydrogen-bond acceptors (Lipinski definition) is 7. The molecule has 1 aromatic carbocycles. The Balaban J connectivity index is 1.45. The predicted octanol–water partition coefficient (Wildman–Crippen LogP) is 5.15. The maximum atomic E-state index is 14.0. The molecule has 1 N–H and O–H groups in total. The zero-order valence-electron chi connectivity index (χ0n) is 25.2. The third-order valence-electron chi connectivity index (χ3n) is 8.78. The average molecular weight is 702 g/mol. The number of likely N-dealkylation sites (tertiary alicyclic amines) is 2. The van der Waals surface area contributed by atoms with Crippen molar-refractivity contribution in [3.05, 3.63) is 35.0 Å². The topological polar surface area (TPSA) is 81.9 Å². The third kappa shape index (κ3) is 8.20. The normalized spacial score (nSPS) is 20.6. The first-order valence-electron chi connectivity index (χ1n) is 15.4. The Morgan fingerprint density at radius 1 is 0.957 bits per heavy atom. The van der Waals surface area contributed by atoms with Gasteiger partial charge in [0.1, 0.15) is 6.17 Å². The van der Waals surface area contributed by atoms with Gasteiger partial charge < -0.3 is 14.9 Å². The number of benzene rings is 1. The number of piperidine rings is 2. The zero-order valence-corrected chi connectivity index (χ0v) is 26.8. The number of aromatic nitrogens is 2. The van der Waals surface area contributed by atoms with Crippen molar-refractivity contribution in [3.8, 4) is 11.3 Å². The van der Waals surface area contributed by atoms with Gasteiger partial charge in [0.2, 0.25) is 0 Å². The van der Waals surface area contributed by atoms with E-state index in [1.165, 1.54) is 16.8 Å². The highest BCUT2D eigenvalue weighted by molar-refractivity contribution is 7.99. The number of rotatable bonds is 10. The number of fused-ring (bicyclic) bond motifs is 1. The molecular weight excluding hydrogens is 663 g/mol. The molecule has 17 heteroatoms. The summed E-state index contributed by atoms with van der Waals surface area (Å²) < 4.78 is 122. The van der Waals surface area contributed by atoms with Crippen LogP contribution in [0.1, 0.15) is 48.9 Å². The second kappa shape index (κ2) is 14.3. The lowest BCUT2D eigenvalue weighted by atomic mass is 10.0. The van der Waals surface area contributed by atoms with E-state index in [0.29, 0.717) is 49.0 Å². The molecule has 0 aliphatic carbocycles. The van der Waals surface area contributed by atoms with Gasteiger partial charge in [0, 0.05) is 73.2 Å². The van der Waals surface area contributed by atoms with E-state index in [2.05, 4.69) is 10.00 Å². The molecule has 3 aliphatic rings. The predicted molar refractivity (Wildman–Crippen MR) is 159 cm³/mol. The van der Waals surface area contributed by atoms with E-state index >= 15 is 0 Å². The summed E-state index contributed by atoms with van der Waals surface area (Å²) >= 11 is 0.969. The van der Waals surface area contributed by atoms with Crippen molar-refractivity contribution in [1.29, 1.82) is 0 Å². The van der Waals surface area contributed by atoms with Crippen molar-refractivity contribution in [1.82, 2.24) is 23.9 Å². The Morgan fingerprint density at radius 2 is 1.65 bits per heavy atom. The lowest BCUT2D eigenvalue weighted by molar-refractivity contribution is -0.139. The molecule has 46 heavy (non-hydrogen) atoms. The van der Waals surface area contributed by atoms with Crippen molar-refractivity contribution >= 4 is 21.8 Å². The summed E-state index contributed by atoms with van der Waals surface area (Å²) in [6.45, 7) is 2.33. The molecule has 5 rings (SSSR count). The minimum absolute atomic E-state index is 0.0112. The molecule has 0 amide bonds. The molecule has 8 nitrogen and oxygen atoms in total. The number of thioether (sulfide) groups is 1. The summed E-state index contributed by atoms with van der Waals surface area (Å²) in [5.74, 6) is 0.288. The first-order chi connectivity index (χ1) is 21.6. The van der Waals surface area contributed by atoms with Gasteiger partial charge in [0.05, 0.1) is 23.9 Å². The van der Waals surface area contributed by atoms with Crippen molar-refractivity contribution in [3.63, 3.8) is 0 Å². The van der Waals surface area contributed by atoms with Gasteiger partial charge in [-0.1, -0.05) is 12.5 Å². The fourth-order valence-corrected chi connectivity index (χ4v) is 8.37. The number of β-amino-alcohol motifs (C(OH)–C–C–N with tert-alkyl or cyclic N) is 1. The first-order valence-corrected chi connectivity index (χ1v) is 17.8. The first kappa shape index (κ1) is 35.4. The molecule has 0 spiro atoms. The highest BCUT2D eigenvalue weighted by atomic mass is 32.2. The molecule has 3 aliphatic heterocycles. The maximum absolute atomic E-state index is 14.0. The summed E-state index contributed by atoms with van der Waals surface area (Å²) in [5.41, 5.74) is -5.54. The summed E-state index contributed by atoms with van der Waals surface area (Å²) in [4.78, 5) is 4.00. The van der Waals surface area contributed by atoms with Gasteiger partial charge in [0.25, 0.3) is 0 Å². The van der Waals surface area contributed by atoms with E-state index in [-0.39, 0.29) is 40.4 Å². The third-order valence-corrected chi connectivity index (χ3v) is 11.4. The van der Waals surface area contributed by atoms with Gasteiger partial charge in [0.15, 0.2) is 0 Å². The van der Waals surface area contributed by atoms with E-state index < -0.39 is 52.6 Å². The molecular formula is C29H38F7N5O3S2. The molecule has 0 unspecified atom stereocenters. The molecule has 2 fully saturated rings. The van der Waals surface area contributed by atoms with Gasteiger partial charge in [-0.2, -0.15) is 35.7 Å². The maximum Gasteiger partial charge on any atom is 0.511 e. The van der Waals surface area contributed by atoms with Crippen LogP contribution in [0.5, 0.6) is 0 Å². The van der Waals surface area contributed by atoms with Crippen molar-refractivity contribution in [2.45, 2.75) is 80.5 Å².